The number of hydrogen-bond donors (Lipinski definition) is 1. The fraction of sp³-hybridized carbons (Fsp3) is 0.800. The lowest BCUT2D eigenvalue weighted by atomic mass is 9.90. The molecule has 1 saturated carbocycles. The molecule has 1 heterocycles. The van der Waals surface area contributed by atoms with Gasteiger partial charge in [-0.3, -0.25) is 4.90 Å². The van der Waals surface area contributed by atoms with Gasteiger partial charge in [0.05, 0.1) is 10.7 Å². The molecule has 19 heavy (non-hydrogen) atoms. The zero-order valence-corrected chi connectivity index (χ0v) is 13.3. The molecule has 0 aliphatic heterocycles. The van der Waals surface area contributed by atoms with E-state index in [1.54, 1.807) is 11.3 Å². The van der Waals surface area contributed by atoms with Gasteiger partial charge in [0.1, 0.15) is 0 Å². The van der Waals surface area contributed by atoms with E-state index in [4.69, 9.17) is 0 Å². The molecular weight excluding hydrogens is 254 g/mol. The van der Waals surface area contributed by atoms with Gasteiger partial charge in [-0.2, -0.15) is 0 Å². The Morgan fingerprint density at radius 1 is 1.37 bits per heavy atom. The van der Waals surface area contributed by atoms with Crippen LogP contribution in [0.15, 0.2) is 5.38 Å². The van der Waals surface area contributed by atoms with E-state index in [0.29, 0.717) is 0 Å². The maximum Gasteiger partial charge on any atom is 0.0897 e. The molecule has 1 aliphatic rings. The molecule has 4 heteroatoms. The lowest BCUT2D eigenvalue weighted by Crippen LogP contribution is -2.40. The van der Waals surface area contributed by atoms with Crippen molar-refractivity contribution in [3.8, 4) is 0 Å². The first-order valence-electron chi connectivity index (χ1n) is 7.53. The molecule has 0 bridgehead atoms. The predicted octanol–water partition coefficient (Wildman–Crippen LogP) is 3.19. The molecule has 108 valence electrons. The molecule has 3 nitrogen and oxygen atoms in total. The van der Waals surface area contributed by atoms with E-state index in [0.717, 1.165) is 18.6 Å². The van der Waals surface area contributed by atoms with Crippen molar-refractivity contribution in [2.45, 2.75) is 64.6 Å². The summed E-state index contributed by atoms with van der Waals surface area (Å²) >= 11 is 1.75. The summed E-state index contributed by atoms with van der Waals surface area (Å²) < 4.78 is 0. The minimum Gasteiger partial charge on any atom is -0.314 e. The highest BCUT2D eigenvalue weighted by molar-refractivity contribution is 7.09. The van der Waals surface area contributed by atoms with E-state index in [2.05, 4.69) is 41.5 Å². The zero-order chi connectivity index (χ0) is 13.7. The Balaban J connectivity index is 1.74. The molecule has 1 aromatic heterocycles. The van der Waals surface area contributed by atoms with Crippen LogP contribution >= 0.6 is 11.3 Å². The van der Waals surface area contributed by atoms with Crippen molar-refractivity contribution in [2.24, 2.45) is 0 Å². The molecule has 0 aromatic carbocycles. The second-order valence-electron chi connectivity index (χ2n) is 5.73. The van der Waals surface area contributed by atoms with Gasteiger partial charge >= 0.3 is 0 Å². The Morgan fingerprint density at radius 2 is 2.11 bits per heavy atom. The van der Waals surface area contributed by atoms with Gasteiger partial charge in [-0.05, 0) is 52.6 Å². The van der Waals surface area contributed by atoms with Crippen LogP contribution in [-0.2, 0) is 6.54 Å². The molecule has 1 aromatic rings. The maximum absolute atomic E-state index is 4.57. The third kappa shape index (κ3) is 4.55. The average molecular weight is 281 g/mol. The average Bonchev–Trinajstić information content (AvgIpc) is 2.82. The molecule has 0 unspecified atom stereocenters. The van der Waals surface area contributed by atoms with E-state index < -0.39 is 0 Å². The van der Waals surface area contributed by atoms with Gasteiger partial charge in [0.25, 0.3) is 0 Å². The summed E-state index contributed by atoms with van der Waals surface area (Å²) in [5.41, 5.74) is 1.23. The van der Waals surface area contributed by atoms with E-state index in [1.165, 1.54) is 49.4 Å². The molecule has 1 fully saturated rings. The largest absolute Gasteiger partial charge is 0.314 e. The molecule has 1 N–H and O–H groups in total. The first kappa shape index (κ1) is 14.9. The van der Waals surface area contributed by atoms with Gasteiger partial charge in [0, 0.05) is 24.0 Å². The van der Waals surface area contributed by atoms with E-state index in [1.807, 2.05) is 0 Å². The minimum absolute atomic E-state index is 0.738. The van der Waals surface area contributed by atoms with E-state index in [9.17, 15) is 0 Å². The van der Waals surface area contributed by atoms with Crippen LogP contribution in [0.2, 0.25) is 0 Å². The monoisotopic (exact) mass is 281 g/mol. The minimum atomic E-state index is 0.738. The van der Waals surface area contributed by atoms with Crippen LogP contribution in [-0.4, -0.2) is 35.6 Å². The quantitative estimate of drug-likeness (QED) is 0.868. The summed E-state index contributed by atoms with van der Waals surface area (Å²) in [6.45, 7) is 6.49. The summed E-state index contributed by atoms with van der Waals surface area (Å²) in [5, 5.41) is 7.03. The van der Waals surface area contributed by atoms with Gasteiger partial charge < -0.3 is 5.32 Å². The number of nitrogens with one attached hydrogen (secondary N) is 1. The predicted molar refractivity (Wildman–Crippen MR) is 82.7 cm³/mol. The van der Waals surface area contributed by atoms with Gasteiger partial charge in [-0.25, -0.2) is 4.98 Å². The number of nitrogens with zero attached hydrogens (tertiary/aromatic N) is 2. The summed E-state index contributed by atoms with van der Waals surface area (Å²) in [5.74, 6) is 0. The van der Waals surface area contributed by atoms with Crippen LogP contribution in [0.1, 0.15) is 49.7 Å². The molecule has 0 radical (unpaired) electrons. The van der Waals surface area contributed by atoms with Gasteiger partial charge in [-0.1, -0.05) is 6.92 Å². The molecule has 0 spiro atoms. The number of thiazole rings is 1. The van der Waals surface area contributed by atoms with Crippen LogP contribution in [0, 0.1) is 6.92 Å². The highest BCUT2D eigenvalue weighted by Gasteiger charge is 2.23. The molecule has 0 atom stereocenters. The zero-order valence-electron chi connectivity index (χ0n) is 12.5. The third-order valence-corrected chi connectivity index (χ3v) is 4.90. The fourth-order valence-electron chi connectivity index (χ4n) is 2.93. The van der Waals surface area contributed by atoms with Crippen molar-refractivity contribution in [1.82, 2.24) is 15.2 Å². The Hall–Kier alpha value is -0.450. The van der Waals surface area contributed by atoms with Gasteiger partial charge in [-0.15, -0.1) is 11.3 Å². The van der Waals surface area contributed by atoms with Gasteiger partial charge in [0.2, 0.25) is 0 Å². The van der Waals surface area contributed by atoms with Crippen molar-refractivity contribution in [1.29, 1.82) is 0 Å². The number of hydrogen-bond acceptors (Lipinski definition) is 4. The van der Waals surface area contributed by atoms with Crippen molar-refractivity contribution in [2.75, 3.05) is 13.6 Å². The van der Waals surface area contributed by atoms with E-state index in [-0.39, 0.29) is 0 Å². The van der Waals surface area contributed by atoms with E-state index >= 15 is 0 Å². The standard InChI is InChI=1S/C15H27N3S/c1-4-9-16-13-5-7-15(8-6-13)18(3)10-14-11-19-12(2)17-14/h11,13,15-16H,4-10H2,1-3H3. The normalized spacial score (nSPS) is 24.0. The molecule has 0 saturated heterocycles. The Kier molecular flexibility index (Phi) is 5.79. The Labute approximate surface area is 121 Å². The number of aromatic nitrogens is 1. The first-order valence-corrected chi connectivity index (χ1v) is 8.41. The van der Waals surface area contributed by atoms with Crippen molar-refractivity contribution in [3.05, 3.63) is 16.1 Å². The highest BCUT2D eigenvalue weighted by atomic mass is 32.1. The van der Waals surface area contributed by atoms with Crippen molar-refractivity contribution in [3.63, 3.8) is 0 Å². The second kappa shape index (κ2) is 7.36. The first-order chi connectivity index (χ1) is 9.19. The second-order valence-corrected chi connectivity index (χ2v) is 6.79. The number of aryl methyl sites for hydroxylation is 1. The summed E-state index contributed by atoms with van der Waals surface area (Å²) in [7, 11) is 2.25. The molecule has 0 amide bonds. The lowest BCUT2D eigenvalue weighted by Gasteiger charge is -2.34. The van der Waals surface area contributed by atoms with Crippen molar-refractivity contribution < 1.29 is 0 Å². The van der Waals surface area contributed by atoms with Crippen molar-refractivity contribution >= 4 is 11.3 Å². The van der Waals surface area contributed by atoms with Crippen LogP contribution in [0.5, 0.6) is 0 Å². The number of rotatable bonds is 6. The topological polar surface area (TPSA) is 28.2 Å². The van der Waals surface area contributed by atoms with Crippen LogP contribution in [0.4, 0.5) is 0 Å². The Morgan fingerprint density at radius 3 is 2.68 bits per heavy atom. The molecular formula is C15H27N3S. The van der Waals surface area contributed by atoms with Crippen LogP contribution in [0.25, 0.3) is 0 Å². The summed E-state index contributed by atoms with van der Waals surface area (Å²) in [6.07, 6.45) is 6.53. The molecule has 2 rings (SSSR count). The fourth-order valence-corrected chi connectivity index (χ4v) is 3.54. The van der Waals surface area contributed by atoms with Gasteiger partial charge in [0.15, 0.2) is 0 Å². The third-order valence-electron chi connectivity index (χ3n) is 4.08. The highest BCUT2D eigenvalue weighted by Crippen LogP contribution is 2.23. The molecule has 1 aliphatic carbocycles. The summed E-state index contributed by atoms with van der Waals surface area (Å²) in [4.78, 5) is 7.06. The smallest absolute Gasteiger partial charge is 0.0897 e. The Bertz CT molecular complexity index is 369. The summed E-state index contributed by atoms with van der Waals surface area (Å²) in [6, 6.07) is 1.49. The van der Waals surface area contributed by atoms with Crippen LogP contribution in [0.3, 0.4) is 0 Å². The lowest BCUT2D eigenvalue weighted by molar-refractivity contribution is 0.166. The maximum atomic E-state index is 4.57. The van der Waals surface area contributed by atoms with Crippen LogP contribution < -0.4 is 5.32 Å². The SMILES string of the molecule is CCCNC1CCC(N(C)Cc2csc(C)n2)CC1.